The minimum Gasteiger partial charge on any atom is -0.486 e. The Morgan fingerprint density at radius 3 is 2.46 bits per heavy atom. The third-order valence-corrected chi connectivity index (χ3v) is 7.65. The highest BCUT2D eigenvalue weighted by Gasteiger charge is 2.40. The molecule has 0 radical (unpaired) electrons. The van der Waals surface area contributed by atoms with E-state index in [4.69, 9.17) is 4.74 Å². The number of benzene rings is 1. The van der Waals surface area contributed by atoms with Crippen LogP contribution in [0, 0.1) is 13.8 Å². The normalized spacial score (nSPS) is 20.3. The van der Waals surface area contributed by atoms with Crippen LogP contribution < -0.4 is 10.1 Å². The average molecular weight is 382 g/mol. The summed E-state index contributed by atoms with van der Waals surface area (Å²) in [4.78, 5) is 0. The van der Waals surface area contributed by atoms with Gasteiger partial charge >= 0.3 is 0 Å². The van der Waals surface area contributed by atoms with Crippen LogP contribution in [0.4, 0.5) is 0 Å². The van der Waals surface area contributed by atoms with E-state index in [1.807, 2.05) is 13.8 Å². The molecule has 2 rings (SSSR count). The molecule has 26 heavy (non-hydrogen) atoms. The van der Waals surface area contributed by atoms with Gasteiger partial charge in [0.15, 0.2) is 9.84 Å². The van der Waals surface area contributed by atoms with Crippen LogP contribution >= 0.6 is 0 Å². The summed E-state index contributed by atoms with van der Waals surface area (Å²) in [6.07, 6.45) is 4.52. The minimum atomic E-state index is -3.15. The third-order valence-electron chi connectivity index (χ3n) is 5.61. The highest BCUT2D eigenvalue weighted by molar-refractivity contribution is 7.91. The lowest BCUT2D eigenvalue weighted by molar-refractivity contribution is 0.0463. The zero-order valence-corrected chi connectivity index (χ0v) is 18.0. The van der Waals surface area contributed by atoms with E-state index in [9.17, 15) is 8.42 Å². The van der Waals surface area contributed by atoms with Crippen molar-refractivity contribution in [1.29, 1.82) is 0 Å². The Kier molecular flexibility index (Phi) is 6.78. The lowest BCUT2D eigenvalue weighted by Gasteiger charge is -2.42. The quantitative estimate of drug-likeness (QED) is 0.682. The molecule has 0 spiro atoms. The highest BCUT2D eigenvalue weighted by atomic mass is 32.2. The number of fused-ring (bicyclic) bond motifs is 1. The fourth-order valence-electron chi connectivity index (χ4n) is 3.56. The van der Waals surface area contributed by atoms with E-state index in [0.717, 1.165) is 37.0 Å². The molecular formula is C21H35NO3S. The van der Waals surface area contributed by atoms with Gasteiger partial charge in [0.25, 0.3) is 0 Å². The van der Waals surface area contributed by atoms with Crippen molar-refractivity contribution in [2.24, 2.45) is 0 Å². The molecule has 0 amide bonds. The number of hydrogen-bond acceptors (Lipinski definition) is 4. The van der Waals surface area contributed by atoms with Gasteiger partial charge in [-0.25, -0.2) is 8.42 Å². The van der Waals surface area contributed by atoms with Gasteiger partial charge in [0.2, 0.25) is 0 Å². The summed E-state index contributed by atoms with van der Waals surface area (Å²) in [6, 6.07) is 4.24. The van der Waals surface area contributed by atoms with Crippen LogP contribution in [0.25, 0.3) is 0 Å². The van der Waals surface area contributed by atoms with Crippen molar-refractivity contribution in [3.05, 3.63) is 28.8 Å². The topological polar surface area (TPSA) is 55.4 Å². The first kappa shape index (κ1) is 21.2. The van der Waals surface area contributed by atoms with Crippen molar-refractivity contribution in [3.8, 4) is 5.75 Å². The molecule has 0 saturated carbocycles. The van der Waals surface area contributed by atoms with E-state index in [-0.39, 0.29) is 11.8 Å². The van der Waals surface area contributed by atoms with Crippen molar-refractivity contribution in [2.75, 3.05) is 5.75 Å². The van der Waals surface area contributed by atoms with E-state index in [2.05, 4.69) is 38.2 Å². The van der Waals surface area contributed by atoms with Crippen molar-refractivity contribution in [3.63, 3.8) is 0 Å². The second-order valence-electron chi connectivity index (χ2n) is 8.11. The second kappa shape index (κ2) is 8.30. The van der Waals surface area contributed by atoms with Gasteiger partial charge in [0, 0.05) is 5.75 Å². The summed E-state index contributed by atoms with van der Waals surface area (Å²) in [5.74, 6) is 1.09. The summed E-state index contributed by atoms with van der Waals surface area (Å²) in [6.45, 7) is 12.2. The Bertz CT molecular complexity index is 725. The number of aryl methyl sites for hydroxylation is 2. The summed E-state index contributed by atoms with van der Waals surface area (Å²) < 4.78 is 31.5. The Hall–Kier alpha value is -1.07. The number of sulfone groups is 1. The Morgan fingerprint density at radius 1 is 1.19 bits per heavy atom. The van der Waals surface area contributed by atoms with Crippen LogP contribution in [0.1, 0.15) is 70.1 Å². The maximum Gasteiger partial charge on any atom is 0.165 e. The van der Waals surface area contributed by atoms with Gasteiger partial charge in [-0.3, -0.25) is 5.32 Å². The minimum absolute atomic E-state index is 0.0370. The maximum absolute atomic E-state index is 12.6. The van der Waals surface area contributed by atoms with Crippen molar-refractivity contribution in [2.45, 2.75) is 90.7 Å². The fraction of sp³-hybridized carbons (Fsp3) is 0.714. The largest absolute Gasteiger partial charge is 0.486 e. The van der Waals surface area contributed by atoms with Crippen LogP contribution in [-0.4, -0.2) is 31.2 Å². The summed E-state index contributed by atoms with van der Waals surface area (Å²) in [5, 5.41) is 2.96. The molecule has 148 valence electrons. The molecule has 1 aliphatic rings. The molecule has 1 aromatic rings. The predicted molar refractivity (Wildman–Crippen MR) is 109 cm³/mol. The van der Waals surface area contributed by atoms with Gasteiger partial charge < -0.3 is 4.74 Å². The molecule has 0 bridgehead atoms. The molecule has 0 aromatic heterocycles. The molecule has 0 aliphatic carbocycles. The number of hydrogen-bond donors (Lipinski definition) is 1. The van der Waals surface area contributed by atoms with Gasteiger partial charge in [0.1, 0.15) is 16.7 Å². The molecule has 1 N–H and O–H groups in total. The molecule has 4 nitrogen and oxygen atoms in total. The third kappa shape index (κ3) is 4.80. The molecule has 0 fully saturated rings. The van der Waals surface area contributed by atoms with Gasteiger partial charge in [-0.05, 0) is 63.3 Å². The zero-order chi connectivity index (χ0) is 19.5. The molecule has 1 heterocycles. The molecular weight excluding hydrogens is 346 g/mol. The van der Waals surface area contributed by atoms with E-state index >= 15 is 0 Å². The molecule has 1 aliphatic heterocycles. The Morgan fingerprint density at radius 2 is 1.85 bits per heavy atom. The van der Waals surface area contributed by atoms with Crippen molar-refractivity contribution >= 4 is 9.84 Å². The smallest absolute Gasteiger partial charge is 0.165 e. The van der Waals surface area contributed by atoms with Crippen LogP contribution in [-0.2, 0) is 16.3 Å². The van der Waals surface area contributed by atoms with Crippen molar-refractivity contribution in [1.82, 2.24) is 5.32 Å². The second-order valence-corrected chi connectivity index (χ2v) is 10.6. The van der Waals surface area contributed by atoms with E-state index in [0.29, 0.717) is 6.42 Å². The number of rotatable bonds is 8. The predicted octanol–water partition coefficient (Wildman–Crippen LogP) is 4.32. The lowest BCUT2D eigenvalue weighted by Crippen LogP contribution is -2.58. The van der Waals surface area contributed by atoms with Crippen LogP contribution in [0.5, 0.6) is 5.75 Å². The van der Waals surface area contributed by atoms with Gasteiger partial charge in [-0.1, -0.05) is 39.2 Å². The first-order valence-corrected chi connectivity index (χ1v) is 11.6. The summed E-state index contributed by atoms with van der Waals surface area (Å²) in [7, 11) is -3.15. The number of ether oxygens (including phenoxy) is 1. The van der Waals surface area contributed by atoms with Gasteiger partial charge in [-0.15, -0.1) is 0 Å². The molecule has 5 heteroatoms. The van der Waals surface area contributed by atoms with E-state index in [1.165, 1.54) is 11.1 Å². The van der Waals surface area contributed by atoms with Crippen LogP contribution in [0.15, 0.2) is 12.1 Å². The monoisotopic (exact) mass is 381 g/mol. The van der Waals surface area contributed by atoms with Gasteiger partial charge in [-0.2, -0.15) is 0 Å². The molecule has 1 aromatic carbocycles. The molecule has 2 unspecified atom stereocenters. The van der Waals surface area contributed by atoms with E-state index < -0.39 is 20.8 Å². The average Bonchev–Trinajstić information content (AvgIpc) is 2.56. The highest BCUT2D eigenvalue weighted by Crippen LogP contribution is 2.35. The zero-order valence-electron chi connectivity index (χ0n) is 17.2. The Labute approximate surface area is 159 Å². The maximum atomic E-state index is 12.6. The first-order chi connectivity index (χ1) is 12.1. The standard InChI is InChI=1S/C21H35NO3S/c1-7-9-10-11-20(26(23,24)8-2)22-19-14-17-12-15(3)16(4)13-18(17)25-21(19,5)6/h12-13,19-20,22H,7-11,14H2,1-6H3. The summed E-state index contributed by atoms with van der Waals surface area (Å²) in [5.41, 5.74) is 3.16. The number of unbranched alkanes of at least 4 members (excludes halogenated alkanes) is 2. The number of nitrogens with one attached hydrogen (secondary N) is 1. The first-order valence-electron chi connectivity index (χ1n) is 9.87. The lowest BCUT2D eigenvalue weighted by atomic mass is 9.87. The molecule has 0 saturated heterocycles. The van der Waals surface area contributed by atoms with Crippen LogP contribution in [0.2, 0.25) is 0 Å². The molecule has 2 atom stereocenters. The van der Waals surface area contributed by atoms with Gasteiger partial charge in [0.05, 0.1) is 6.04 Å². The fourth-order valence-corrected chi connectivity index (χ4v) is 4.86. The summed E-state index contributed by atoms with van der Waals surface area (Å²) >= 11 is 0. The van der Waals surface area contributed by atoms with Crippen molar-refractivity contribution < 1.29 is 13.2 Å². The van der Waals surface area contributed by atoms with E-state index in [1.54, 1.807) is 6.92 Å². The SMILES string of the molecule is CCCCCC(NC1Cc2cc(C)c(C)cc2OC1(C)C)S(=O)(=O)CC. The Balaban J connectivity index is 2.25. The van der Waals surface area contributed by atoms with Crippen LogP contribution in [0.3, 0.4) is 0 Å².